The lowest BCUT2D eigenvalue weighted by Crippen LogP contribution is -2.29. The molecule has 0 saturated carbocycles. The van der Waals surface area contributed by atoms with Crippen molar-refractivity contribution in [2.24, 2.45) is 4.99 Å². The zero-order valence-corrected chi connectivity index (χ0v) is 11.4. The molecule has 0 bridgehead atoms. The minimum absolute atomic E-state index is 0.330. The maximum absolute atomic E-state index is 11.9. The van der Waals surface area contributed by atoms with Crippen molar-refractivity contribution in [1.82, 2.24) is 14.5 Å². The highest BCUT2D eigenvalue weighted by Gasteiger charge is 2.05. The minimum Gasteiger partial charge on any atom is -0.369 e. The molecule has 0 spiro atoms. The van der Waals surface area contributed by atoms with Gasteiger partial charge in [-0.1, -0.05) is 30.3 Å². The van der Waals surface area contributed by atoms with Crippen molar-refractivity contribution in [3.8, 4) is 0 Å². The van der Waals surface area contributed by atoms with Crippen molar-refractivity contribution in [3.63, 3.8) is 0 Å². The molecular formula is C14H16N4O2. The Kier molecular flexibility index (Phi) is 4.14. The summed E-state index contributed by atoms with van der Waals surface area (Å²) in [6, 6.07) is 10.8. The van der Waals surface area contributed by atoms with Crippen LogP contribution in [0.1, 0.15) is 5.56 Å². The summed E-state index contributed by atoms with van der Waals surface area (Å²) in [6.45, 7) is 0.358. The van der Waals surface area contributed by atoms with Gasteiger partial charge in [0.2, 0.25) is 0 Å². The molecule has 6 nitrogen and oxygen atoms in total. The molecule has 0 saturated heterocycles. The molecule has 104 valence electrons. The Morgan fingerprint density at radius 3 is 2.60 bits per heavy atom. The smallest absolute Gasteiger partial charge is 0.330 e. The normalized spacial score (nSPS) is 10.9. The van der Waals surface area contributed by atoms with E-state index in [9.17, 15) is 9.59 Å². The predicted molar refractivity (Wildman–Crippen MR) is 78.7 cm³/mol. The van der Waals surface area contributed by atoms with Crippen LogP contribution in [-0.2, 0) is 6.54 Å². The standard InChI is InChI=1S/C14H16N4O2/c1-17(2)10-15-12-8-13(19)16-14(20)18(12)9-11-6-4-3-5-7-11/h3-8,10H,9H2,1-2H3,(H,16,19,20)/b15-10+. The van der Waals surface area contributed by atoms with Crippen LogP contribution < -0.4 is 11.2 Å². The molecular weight excluding hydrogens is 256 g/mol. The Balaban J connectivity index is 2.45. The molecule has 1 aromatic carbocycles. The van der Waals surface area contributed by atoms with Crippen LogP contribution in [0.5, 0.6) is 0 Å². The van der Waals surface area contributed by atoms with E-state index in [4.69, 9.17) is 0 Å². The molecule has 0 aliphatic carbocycles. The first-order chi connectivity index (χ1) is 9.56. The molecule has 2 rings (SSSR count). The Labute approximate surface area is 116 Å². The topological polar surface area (TPSA) is 70.5 Å². The van der Waals surface area contributed by atoms with Gasteiger partial charge >= 0.3 is 5.69 Å². The van der Waals surface area contributed by atoms with Gasteiger partial charge in [-0.2, -0.15) is 0 Å². The molecule has 1 aromatic heterocycles. The van der Waals surface area contributed by atoms with Gasteiger partial charge in [0.15, 0.2) is 0 Å². The van der Waals surface area contributed by atoms with Gasteiger partial charge in [0.05, 0.1) is 12.9 Å². The first-order valence-corrected chi connectivity index (χ1v) is 6.15. The van der Waals surface area contributed by atoms with E-state index in [1.54, 1.807) is 11.2 Å². The van der Waals surface area contributed by atoms with Gasteiger partial charge in [-0.15, -0.1) is 0 Å². The van der Waals surface area contributed by atoms with Gasteiger partial charge < -0.3 is 4.90 Å². The lowest BCUT2D eigenvalue weighted by molar-refractivity contribution is 0.640. The maximum atomic E-state index is 11.9. The lowest BCUT2D eigenvalue weighted by atomic mass is 10.2. The number of H-pyrrole nitrogens is 1. The van der Waals surface area contributed by atoms with E-state index in [1.807, 2.05) is 44.4 Å². The fraction of sp³-hybridized carbons (Fsp3) is 0.214. The highest BCUT2D eigenvalue weighted by Crippen LogP contribution is 2.09. The molecule has 1 N–H and O–H groups in total. The summed E-state index contributed by atoms with van der Waals surface area (Å²) in [4.78, 5) is 31.5. The largest absolute Gasteiger partial charge is 0.369 e. The van der Waals surface area contributed by atoms with Crippen molar-refractivity contribution in [2.45, 2.75) is 6.54 Å². The van der Waals surface area contributed by atoms with Crippen LogP contribution in [-0.4, -0.2) is 34.9 Å². The van der Waals surface area contributed by atoms with Crippen LogP contribution >= 0.6 is 0 Å². The SMILES string of the molecule is CN(C)/C=N/c1cc(=O)[nH]c(=O)n1Cc1ccccc1. The molecule has 0 amide bonds. The average molecular weight is 272 g/mol. The third-order valence-corrected chi connectivity index (χ3v) is 2.62. The first kappa shape index (κ1) is 13.8. The van der Waals surface area contributed by atoms with Crippen molar-refractivity contribution in [1.29, 1.82) is 0 Å². The Hall–Kier alpha value is -2.63. The fourth-order valence-corrected chi connectivity index (χ4v) is 1.71. The van der Waals surface area contributed by atoms with E-state index in [0.29, 0.717) is 12.4 Å². The van der Waals surface area contributed by atoms with Gasteiger partial charge in [0.25, 0.3) is 5.56 Å². The van der Waals surface area contributed by atoms with Gasteiger partial charge in [0, 0.05) is 20.2 Å². The summed E-state index contributed by atoms with van der Waals surface area (Å²) in [5, 5.41) is 0. The van der Waals surface area contributed by atoms with Crippen molar-refractivity contribution < 1.29 is 0 Å². The summed E-state index contributed by atoms with van der Waals surface area (Å²) >= 11 is 0. The van der Waals surface area contributed by atoms with Crippen LogP contribution in [0, 0.1) is 0 Å². The maximum Gasteiger partial charge on any atom is 0.330 e. The molecule has 0 atom stereocenters. The zero-order valence-electron chi connectivity index (χ0n) is 11.4. The number of benzene rings is 1. The molecule has 20 heavy (non-hydrogen) atoms. The van der Waals surface area contributed by atoms with Gasteiger partial charge in [-0.3, -0.25) is 14.3 Å². The second-order valence-corrected chi connectivity index (χ2v) is 4.58. The Morgan fingerprint density at radius 2 is 1.95 bits per heavy atom. The molecule has 2 aromatic rings. The molecule has 0 radical (unpaired) electrons. The second kappa shape index (κ2) is 6.01. The van der Waals surface area contributed by atoms with Crippen LogP contribution in [0.3, 0.4) is 0 Å². The summed E-state index contributed by atoms with van der Waals surface area (Å²) in [5.41, 5.74) is 0.0421. The highest BCUT2D eigenvalue weighted by atomic mass is 16.2. The zero-order chi connectivity index (χ0) is 14.5. The Bertz CT molecular complexity index is 714. The molecule has 6 heteroatoms. The monoisotopic (exact) mass is 272 g/mol. The van der Waals surface area contributed by atoms with E-state index in [0.717, 1.165) is 5.56 Å². The third kappa shape index (κ3) is 3.44. The molecule has 0 aliphatic heterocycles. The van der Waals surface area contributed by atoms with E-state index >= 15 is 0 Å². The lowest BCUT2D eigenvalue weighted by Gasteiger charge is -2.09. The van der Waals surface area contributed by atoms with E-state index in [1.165, 1.54) is 10.6 Å². The number of nitrogens with zero attached hydrogens (tertiary/aromatic N) is 3. The second-order valence-electron chi connectivity index (χ2n) is 4.58. The van der Waals surface area contributed by atoms with Crippen LogP contribution in [0.15, 0.2) is 51.0 Å². The van der Waals surface area contributed by atoms with Crippen LogP contribution in [0.2, 0.25) is 0 Å². The third-order valence-electron chi connectivity index (χ3n) is 2.62. The van der Waals surface area contributed by atoms with Crippen LogP contribution in [0.4, 0.5) is 5.82 Å². The van der Waals surface area contributed by atoms with Gasteiger partial charge in [-0.25, -0.2) is 9.79 Å². The number of aromatic nitrogens is 2. The molecule has 0 aliphatic rings. The average Bonchev–Trinajstić information content (AvgIpc) is 2.41. The van der Waals surface area contributed by atoms with Gasteiger partial charge in [-0.05, 0) is 5.56 Å². The van der Waals surface area contributed by atoms with Crippen molar-refractivity contribution in [3.05, 3.63) is 62.8 Å². The van der Waals surface area contributed by atoms with E-state index in [-0.39, 0.29) is 0 Å². The van der Waals surface area contributed by atoms with Crippen molar-refractivity contribution >= 4 is 12.2 Å². The number of nitrogens with one attached hydrogen (secondary N) is 1. The molecule has 0 unspecified atom stereocenters. The summed E-state index contributed by atoms with van der Waals surface area (Å²) in [5.74, 6) is 0.330. The van der Waals surface area contributed by atoms with Gasteiger partial charge in [0.1, 0.15) is 5.82 Å². The number of aromatic amines is 1. The number of hydrogen-bond acceptors (Lipinski definition) is 3. The van der Waals surface area contributed by atoms with Crippen LogP contribution in [0.25, 0.3) is 0 Å². The number of rotatable bonds is 4. The molecule has 0 fully saturated rings. The summed E-state index contributed by atoms with van der Waals surface area (Å²) in [6.07, 6.45) is 1.55. The number of hydrogen-bond donors (Lipinski definition) is 1. The van der Waals surface area contributed by atoms with E-state index in [2.05, 4.69) is 9.98 Å². The summed E-state index contributed by atoms with van der Waals surface area (Å²) < 4.78 is 1.43. The first-order valence-electron chi connectivity index (χ1n) is 6.15. The van der Waals surface area contributed by atoms with E-state index < -0.39 is 11.2 Å². The Morgan fingerprint density at radius 1 is 1.25 bits per heavy atom. The fourth-order valence-electron chi connectivity index (χ4n) is 1.71. The highest BCUT2D eigenvalue weighted by molar-refractivity contribution is 5.58. The molecule has 1 heterocycles. The summed E-state index contributed by atoms with van der Waals surface area (Å²) in [7, 11) is 3.63. The quantitative estimate of drug-likeness (QED) is 0.661. The predicted octanol–water partition coefficient (Wildman–Crippen LogP) is 0.806. The van der Waals surface area contributed by atoms with Crippen molar-refractivity contribution in [2.75, 3.05) is 14.1 Å². The number of aliphatic imine (C=N–C) groups is 1. The minimum atomic E-state index is -0.466.